The summed E-state index contributed by atoms with van der Waals surface area (Å²) in [5.74, 6) is 0.556. The van der Waals surface area contributed by atoms with Crippen molar-refractivity contribution in [3.05, 3.63) is 41.4 Å². The number of nitrogens with one attached hydrogen (secondary N) is 1. The van der Waals surface area contributed by atoms with Gasteiger partial charge in [-0.15, -0.1) is 0 Å². The first kappa shape index (κ1) is 14.1. The van der Waals surface area contributed by atoms with E-state index in [-0.39, 0.29) is 5.91 Å². The van der Waals surface area contributed by atoms with Gasteiger partial charge in [-0.2, -0.15) is 0 Å². The molecule has 102 valence electrons. The smallest absolute Gasteiger partial charge is 0.247 e. The molecule has 0 unspecified atom stereocenters. The molecule has 1 amide bonds. The van der Waals surface area contributed by atoms with Crippen molar-refractivity contribution in [2.75, 3.05) is 5.32 Å². The monoisotopic (exact) mass is 277 g/mol. The molecule has 3 heteroatoms. The SMILES string of the molecule is C=CC(=O)Nc1ccc(CC2CCCCC2)cc1Cl. The molecule has 1 aromatic rings. The lowest BCUT2D eigenvalue weighted by atomic mass is 9.85. The summed E-state index contributed by atoms with van der Waals surface area (Å²) in [4.78, 5) is 11.2. The summed E-state index contributed by atoms with van der Waals surface area (Å²) in [5.41, 5.74) is 1.91. The number of carbonyl (C=O) groups is 1. The first-order valence-electron chi connectivity index (χ1n) is 6.91. The zero-order chi connectivity index (χ0) is 13.7. The highest BCUT2D eigenvalue weighted by Gasteiger charge is 2.14. The van der Waals surface area contributed by atoms with Crippen LogP contribution in [0.2, 0.25) is 5.02 Å². The predicted molar refractivity (Wildman–Crippen MR) is 80.6 cm³/mol. The number of halogens is 1. The van der Waals surface area contributed by atoms with Gasteiger partial charge in [-0.25, -0.2) is 0 Å². The third-order valence-electron chi connectivity index (χ3n) is 3.73. The molecule has 2 rings (SSSR count). The summed E-state index contributed by atoms with van der Waals surface area (Å²) >= 11 is 6.20. The van der Waals surface area contributed by atoms with Crippen molar-refractivity contribution >= 4 is 23.2 Å². The fourth-order valence-electron chi connectivity index (χ4n) is 2.70. The highest BCUT2D eigenvalue weighted by molar-refractivity contribution is 6.33. The van der Waals surface area contributed by atoms with Crippen molar-refractivity contribution < 1.29 is 4.79 Å². The van der Waals surface area contributed by atoms with E-state index in [2.05, 4.69) is 18.0 Å². The molecular weight excluding hydrogens is 258 g/mol. The van der Waals surface area contributed by atoms with Gasteiger partial charge < -0.3 is 5.32 Å². The normalized spacial score (nSPS) is 16.1. The number of hydrogen-bond donors (Lipinski definition) is 1. The van der Waals surface area contributed by atoms with E-state index in [1.807, 2.05) is 12.1 Å². The van der Waals surface area contributed by atoms with Gasteiger partial charge in [0.25, 0.3) is 0 Å². The Morgan fingerprint density at radius 2 is 2.11 bits per heavy atom. The van der Waals surface area contributed by atoms with Crippen LogP contribution in [-0.4, -0.2) is 5.91 Å². The van der Waals surface area contributed by atoms with Crippen LogP contribution in [0.3, 0.4) is 0 Å². The molecular formula is C16H20ClNO. The van der Waals surface area contributed by atoms with E-state index < -0.39 is 0 Å². The van der Waals surface area contributed by atoms with Crippen LogP contribution in [0.5, 0.6) is 0 Å². The second-order valence-corrected chi connectivity index (χ2v) is 5.62. The number of amides is 1. The molecule has 0 saturated heterocycles. The van der Waals surface area contributed by atoms with Crippen LogP contribution in [0.4, 0.5) is 5.69 Å². The summed E-state index contributed by atoms with van der Waals surface area (Å²) < 4.78 is 0. The van der Waals surface area contributed by atoms with Gasteiger partial charge in [0.05, 0.1) is 10.7 Å². The summed E-state index contributed by atoms with van der Waals surface area (Å²) in [6, 6.07) is 5.90. The van der Waals surface area contributed by atoms with Crippen LogP contribution in [0.1, 0.15) is 37.7 Å². The van der Waals surface area contributed by atoms with Crippen LogP contribution in [0, 0.1) is 5.92 Å². The zero-order valence-corrected chi connectivity index (χ0v) is 11.9. The zero-order valence-electron chi connectivity index (χ0n) is 11.1. The Bertz CT molecular complexity index is 464. The standard InChI is InChI=1S/C16H20ClNO/c1-2-16(19)18-15-9-8-13(11-14(15)17)10-12-6-4-3-5-7-12/h2,8-9,11-12H,1,3-7,10H2,(H,18,19). The molecule has 0 bridgehead atoms. The average Bonchev–Trinajstić information content (AvgIpc) is 2.43. The highest BCUT2D eigenvalue weighted by Crippen LogP contribution is 2.29. The number of anilines is 1. The quantitative estimate of drug-likeness (QED) is 0.802. The number of carbonyl (C=O) groups excluding carboxylic acids is 1. The Morgan fingerprint density at radius 3 is 2.74 bits per heavy atom. The summed E-state index contributed by atoms with van der Waals surface area (Å²) in [6.45, 7) is 3.43. The third kappa shape index (κ3) is 4.10. The van der Waals surface area contributed by atoms with E-state index >= 15 is 0 Å². The van der Waals surface area contributed by atoms with E-state index in [1.54, 1.807) is 0 Å². The van der Waals surface area contributed by atoms with Crippen LogP contribution in [-0.2, 0) is 11.2 Å². The fraction of sp³-hybridized carbons (Fsp3) is 0.438. The third-order valence-corrected chi connectivity index (χ3v) is 4.04. The summed E-state index contributed by atoms with van der Waals surface area (Å²) in [5, 5.41) is 3.30. The van der Waals surface area contributed by atoms with Crippen molar-refractivity contribution in [1.29, 1.82) is 0 Å². The topological polar surface area (TPSA) is 29.1 Å². The largest absolute Gasteiger partial charge is 0.321 e. The summed E-state index contributed by atoms with van der Waals surface area (Å²) in [6.07, 6.45) is 9.07. The minimum absolute atomic E-state index is 0.234. The molecule has 2 nitrogen and oxygen atoms in total. The Hall–Kier alpha value is -1.28. The van der Waals surface area contributed by atoms with Crippen LogP contribution < -0.4 is 5.32 Å². The number of rotatable bonds is 4. The molecule has 0 heterocycles. The van der Waals surface area contributed by atoms with E-state index in [1.165, 1.54) is 43.7 Å². The van der Waals surface area contributed by atoms with Gasteiger partial charge in [-0.1, -0.05) is 56.4 Å². The van der Waals surface area contributed by atoms with Crippen molar-refractivity contribution in [3.63, 3.8) is 0 Å². The van der Waals surface area contributed by atoms with E-state index in [0.29, 0.717) is 10.7 Å². The van der Waals surface area contributed by atoms with Crippen LogP contribution in [0.15, 0.2) is 30.9 Å². The Morgan fingerprint density at radius 1 is 1.37 bits per heavy atom. The Balaban J connectivity index is 2.01. The molecule has 0 radical (unpaired) electrons. The molecule has 1 aliphatic rings. The maximum absolute atomic E-state index is 11.2. The van der Waals surface area contributed by atoms with Gasteiger partial charge >= 0.3 is 0 Å². The number of hydrogen-bond acceptors (Lipinski definition) is 1. The second kappa shape index (κ2) is 6.76. The molecule has 0 atom stereocenters. The van der Waals surface area contributed by atoms with Gasteiger partial charge in [0.1, 0.15) is 0 Å². The molecule has 1 aromatic carbocycles. The molecule has 0 aliphatic heterocycles. The number of benzene rings is 1. The lowest BCUT2D eigenvalue weighted by molar-refractivity contribution is -0.111. The van der Waals surface area contributed by atoms with E-state index in [4.69, 9.17) is 11.6 Å². The van der Waals surface area contributed by atoms with Crippen molar-refractivity contribution in [3.8, 4) is 0 Å². The fourth-order valence-corrected chi connectivity index (χ4v) is 2.95. The van der Waals surface area contributed by atoms with Gasteiger partial charge in [0.15, 0.2) is 0 Å². The maximum Gasteiger partial charge on any atom is 0.247 e. The van der Waals surface area contributed by atoms with Crippen molar-refractivity contribution in [1.82, 2.24) is 0 Å². The maximum atomic E-state index is 11.2. The van der Waals surface area contributed by atoms with Gasteiger partial charge in [-0.3, -0.25) is 4.79 Å². The van der Waals surface area contributed by atoms with Crippen LogP contribution >= 0.6 is 11.6 Å². The molecule has 1 fully saturated rings. The molecule has 19 heavy (non-hydrogen) atoms. The Labute approximate surface area is 119 Å². The van der Waals surface area contributed by atoms with E-state index in [0.717, 1.165) is 12.3 Å². The first-order valence-corrected chi connectivity index (χ1v) is 7.28. The molecule has 0 aromatic heterocycles. The minimum atomic E-state index is -0.234. The van der Waals surface area contributed by atoms with Crippen molar-refractivity contribution in [2.45, 2.75) is 38.5 Å². The first-order chi connectivity index (χ1) is 9.19. The van der Waals surface area contributed by atoms with Gasteiger partial charge in [0.2, 0.25) is 5.91 Å². The lowest BCUT2D eigenvalue weighted by Crippen LogP contribution is -2.10. The van der Waals surface area contributed by atoms with Crippen LogP contribution in [0.25, 0.3) is 0 Å². The molecule has 1 saturated carbocycles. The average molecular weight is 278 g/mol. The van der Waals surface area contributed by atoms with Gasteiger partial charge in [0, 0.05) is 0 Å². The second-order valence-electron chi connectivity index (χ2n) is 5.22. The Kier molecular flexibility index (Phi) is 5.03. The van der Waals surface area contributed by atoms with Crippen molar-refractivity contribution in [2.24, 2.45) is 5.92 Å². The minimum Gasteiger partial charge on any atom is -0.321 e. The highest BCUT2D eigenvalue weighted by atomic mass is 35.5. The summed E-state index contributed by atoms with van der Waals surface area (Å²) in [7, 11) is 0. The lowest BCUT2D eigenvalue weighted by Gasteiger charge is -2.21. The van der Waals surface area contributed by atoms with Gasteiger partial charge in [-0.05, 0) is 36.1 Å². The molecule has 1 N–H and O–H groups in total. The predicted octanol–water partition coefficient (Wildman–Crippen LogP) is 4.59. The molecule has 0 spiro atoms. The van der Waals surface area contributed by atoms with E-state index in [9.17, 15) is 4.79 Å². The molecule has 1 aliphatic carbocycles.